The summed E-state index contributed by atoms with van der Waals surface area (Å²) in [5, 5.41) is 2.84. The van der Waals surface area contributed by atoms with Crippen molar-refractivity contribution in [1.82, 2.24) is 4.98 Å². The van der Waals surface area contributed by atoms with E-state index in [2.05, 4.69) is 10.3 Å². The van der Waals surface area contributed by atoms with Crippen molar-refractivity contribution in [2.45, 2.75) is 33.2 Å². The van der Waals surface area contributed by atoms with Gasteiger partial charge in [0.2, 0.25) is 0 Å². The lowest BCUT2D eigenvalue weighted by molar-refractivity contribution is 0.567. The van der Waals surface area contributed by atoms with Crippen LogP contribution in [0.5, 0.6) is 0 Å². The first-order valence-corrected chi connectivity index (χ1v) is 5.80. The van der Waals surface area contributed by atoms with Gasteiger partial charge < -0.3 is 10.2 Å². The minimum atomic E-state index is -0.656. The van der Waals surface area contributed by atoms with E-state index >= 15 is 0 Å². The molecule has 0 aliphatic rings. The molecule has 0 saturated carbocycles. The summed E-state index contributed by atoms with van der Waals surface area (Å²) >= 11 is 0. The summed E-state index contributed by atoms with van der Waals surface area (Å²) in [4.78, 5) is 5.67. The smallest absolute Gasteiger partial charge is 0.168 e. The third kappa shape index (κ3) is 3.28. The predicted octanol–water partition coefficient (Wildman–Crippen LogP) is 3.03. The van der Waals surface area contributed by atoms with Gasteiger partial charge in [0.15, 0.2) is 23.3 Å². The van der Waals surface area contributed by atoms with Crippen molar-refractivity contribution in [2.75, 3.05) is 23.8 Å². The van der Waals surface area contributed by atoms with Gasteiger partial charge in [-0.15, -0.1) is 0 Å². The van der Waals surface area contributed by atoms with Gasteiger partial charge in [0.25, 0.3) is 0 Å². The van der Waals surface area contributed by atoms with Crippen LogP contribution in [0.1, 0.15) is 27.2 Å². The highest BCUT2D eigenvalue weighted by atomic mass is 19.1. The molecule has 1 aromatic heterocycles. The quantitative estimate of drug-likeness (QED) is 0.861. The number of hydrogen-bond donors (Lipinski definition) is 1. The van der Waals surface area contributed by atoms with Crippen LogP contribution >= 0.6 is 0 Å². The van der Waals surface area contributed by atoms with Crippen molar-refractivity contribution in [2.24, 2.45) is 0 Å². The number of aromatic nitrogens is 1. The molecule has 5 heteroatoms. The Hall–Kier alpha value is -1.39. The standard InChI is InChI=1S/C12H19F2N3/c1-5-6-15-11-9(13)7-10(14)12(16-11)17(4)8(2)3/h7-8H,5-6H2,1-4H3,(H,15,16). The van der Waals surface area contributed by atoms with Crippen LogP contribution in [0.3, 0.4) is 0 Å². The average molecular weight is 243 g/mol. The second kappa shape index (κ2) is 5.80. The number of rotatable bonds is 5. The van der Waals surface area contributed by atoms with Gasteiger partial charge in [0.1, 0.15) is 0 Å². The first-order chi connectivity index (χ1) is 7.97. The summed E-state index contributed by atoms with van der Waals surface area (Å²) < 4.78 is 27.0. The fraction of sp³-hybridized carbons (Fsp3) is 0.583. The van der Waals surface area contributed by atoms with Gasteiger partial charge in [-0.05, 0) is 20.3 Å². The Morgan fingerprint density at radius 2 is 2.00 bits per heavy atom. The lowest BCUT2D eigenvalue weighted by Crippen LogP contribution is -2.28. The highest BCUT2D eigenvalue weighted by Gasteiger charge is 2.16. The van der Waals surface area contributed by atoms with Crippen LogP contribution in [0, 0.1) is 11.6 Å². The number of nitrogens with one attached hydrogen (secondary N) is 1. The Morgan fingerprint density at radius 1 is 1.35 bits per heavy atom. The first kappa shape index (κ1) is 13.7. The lowest BCUT2D eigenvalue weighted by atomic mass is 10.3. The van der Waals surface area contributed by atoms with Gasteiger partial charge in [0, 0.05) is 25.7 Å². The molecule has 0 bridgehead atoms. The van der Waals surface area contributed by atoms with Crippen LogP contribution < -0.4 is 10.2 Å². The third-order valence-corrected chi connectivity index (χ3v) is 2.56. The highest BCUT2D eigenvalue weighted by molar-refractivity contribution is 5.49. The van der Waals surface area contributed by atoms with Crippen LogP contribution in [0.2, 0.25) is 0 Å². The number of hydrogen-bond acceptors (Lipinski definition) is 3. The predicted molar refractivity (Wildman–Crippen MR) is 66.5 cm³/mol. The zero-order valence-corrected chi connectivity index (χ0v) is 10.7. The molecule has 0 aromatic carbocycles. The molecular formula is C12H19F2N3. The van der Waals surface area contributed by atoms with Crippen molar-refractivity contribution in [1.29, 1.82) is 0 Å². The summed E-state index contributed by atoms with van der Waals surface area (Å²) in [5.41, 5.74) is 0. The Morgan fingerprint density at radius 3 is 2.53 bits per heavy atom. The Labute approximate surface area is 101 Å². The summed E-state index contributed by atoms with van der Waals surface area (Å²) in [6.45, 7) is 6.42. The van der Waals surface area contributed by atoms with E-state index in [0.717, 1.165) is 12.5 Å². The molecule has 0 aliphatic heterocycles. The van der Waals surface area contributed by atoms with Gasteiger partial charge in [0.05, 0.1) is 0 Å². The van der Waals surface area contributed by atoms with Crippen LogP contribution in [-0.2, 0) is 0 Å². The molecule has 0 radical (unpaired) electrons. The van der Waals surface area contributed by atoms with Gasteiger partial charge >= 0.3 is 0 Å². The van der Waals surface area contributed by atoms with E-state index in [-0.39, 0.29) is 17.7 Å². The number of halogens is 2. The zero-order chi connectivity index (χ0) is 13.0. The van der Waals surface area contributed by atoms with E-state index in [9.17, 15) is 8.78 Å². The average Bonchev–Trinajstić information content (AvgIpc) is 2.27. The summed E-state index contributed by atoms with van der Waals surface area (Å²) in [6.07, 6.45) is 0.855. The zero-order valence-electron chi connectivity index (χ0n) is 10.7. The van der Waals surface area contributed by atoms with Crippen LogP contribution in [0.15, 0.2) is 6.07 Å². The minimum Gasteiger partial charge on any atom is -0.368 e. The molecule has 1 N–H and O–H groups in total. The van der Waals surface area contributed by atoms with Gasteiger partial charge in [-0.3, -0.25) is 0 Å². The molecule has 0 aliphatic carbocycles. The lowest BCUT2D eigenvalue weighted by Gasteiger charge is -2.23. The molecule has 0 saturated heterocycles. The maximum absolute atomic E-state index is 13.6. The van der Waals surface area contributed by atoms with Crippen LogP contribution in [0.25, 0.3) is 0 Å². The summed E-state index contributed by atoms with van der Waals surface area (Å²) in [6, 6.07) is 0.973. The Kier molecular flexibility index (Phi) is 4.66. The SMILES string of the molecule is CCCNc1nc(N(C)C(C)C)c(F)cc1F. The highest BCUT2D eigenvalue weighted by Crippen LogP contribution is 2.22. The molecule has 1 aromatic rings. The fourth-order valence-electron chi connectivity index (χ4n) is 1.32. The van der Waals surface area contributed by atoms with E-state index in [4.69, 9.17) is 0 Å². The first-order valence-electron chi connectivity index (χ1n) is 5.80. The molecule has 0 spiro atoms. The molecule has 0 fully saturated rings. The fourth-order valence-corrected chi connectivity index (χ4v) is 1.32. The monoisotopic (exact) mass is 243 g/mol. The van der Waals surface area contributed by atoms with E-state index in [0.29, 0.717) is 6.54 Å². The maximum atomic E-state index is 13.6. The van der Waals surface area contributed by atoms with Crippen molar-refractivity contribution in [3.8, 4) is 0 Å². The normalized spacial score (nSPS) is 10.8. The molecule has 17 heavy (non-hydrogen) atoms. The molecule has 1 rings (SSSR count). The molecule has 0 atom stereocenters. The van der Waals surface area contributed by atoms with E-state index in [1.807, 2.05) is 20.8 Å². The summed E-state index contributed by atoms with van der Waals surface area (Å²) in [5.74, 6) is -1.02. The largest absolute Gasteiger partial charge is 0.368 e. The van der Waals surface area contributed by atoms with Crippen LogP contribution in [0.4, 0.5) is 20.4 Å². The second-order valence-corrected chi connectivity index (χ2v) is 4.26. The third-order valence-electron chi connectivity index (χ3n) is 2.56. The molecule has 3 nitrogen and oxygen atoms in total. The topological polar surface area (TPSA) is 28.2 Å². The van der Waals surface area contributed by atoms with Crippen molar-refractivity contribution >= 4 is 11.6 Å². The number of nitrogens with zero attached hydrogens (tertiary/aromatic N) is 2. The van der Waals surface area contributed by atoms with Gasteiger partial charge in [-0.25, -0.2) is 13.8 Å². The molecule has 0 unspecified atom stereocenters. The molecule has 96 valence electrons. The molecule has 1 heterocycles. The van der Waals surface area contributed by atoms with E-state index < -0.39 is 11.6 Å². The Balaban J connectivity index is 3.05. The van der Waals surface area contributed by atoms with Crippen molar-refractivity contribution < 1.29 is 8.78 Å². The molecular weight excluding hydrogens is 224 g/mol. The van der Waals surface area contributed by atoms with Crippen molar-refractivity contribution in [3.05, 3.63) is 17.7 Å². The minimum absolute atomic E-state index is 0.0986. The maximum Gasteiger partial charge on any atom is 0.168 e. The van der Waals surface area contributed by atoms with E-state index in [1.165, 1.54) is 0 Å². The van der Waals surface area contributed by atoms with E-state index in [1.54, 1.807) is 11.9 Å². The Bertz CT molecular complexity index is 380. The number of anilines is 2. The second-order valence-electron chi connectivity index (χ2n) is 4.26. The molecule has 0 amide bonds. The van der Waals surface area contributed by atoms with Gasteiger partial charge in [-0.1, -0.05) is 6.92 Å². The van der Waals surface area contributed by atoms with Gasteiger partial charge in [-0.2, -0.15) is 0 Å². The summed E-state index contributed by atoms with van der Waals surface area (Å²) in [7, 11) is 1.73. The number of pyridine rings is 1. The van der Waals surface area contributed by atoms with Crippen LogP contribution in [-0.4, -0.2) is 24.6 Å². The van der Waals surface area contributed by atoms with Crippen molar-refractivity contribution in [3.63, 3.8) is 0 Å².